The van der Waals surface area contributed by atoms with E-state index in [2.05, 4.69) is 27.7 Å². The largest absolute Gasteiger partial charge is 0.519 e. The molecule has 1 N–H and O–H groups in total. The summed E-state index contributed by atoms with van der Waals surface area (Å²) >= 11 is 0. The minimum absolute atomic E-state index is 0. The molecule has 0 bridgehead atoms. The summed E-state index contributed by atoms with van der Waals surface area (Å²) in [6, 6.07) is 38.0. The third-order valence-corrected chi connectivity index (χ3v) is 7.94. The lowest BCUT2D eigenvalue weighted by Crippen LogP contribution is -2.20. The fourth-order valence-corrected chi connectivity index (χ4v) is 4.98. The second kappa shape index (κ2) is 13.5. The fraction of sp³-hybridized carbons (Fsp3) is 0.179. The average Bonchev–Trinajstić information content (AvgIpc) is 3.02. The van der Waals surface area contributed by atoms with Crippen molar-refractivity contribution in [3.63, 3.8) is 0 Å². The highest BCUT2D eigenvalue weighted by Crippen LogP contribution is 2.34. The van der Waals surface area contributed by atoms with Gasteiger partial charge in [0.05, 0.1) is 5.56 Å². The number of carbonyl (C=O) groups excluding carboxylic acids is 2. The molecule has 0 saturated carbocycles. The first-order valence-corrected chi connectivity index (χ1v) is 14.3. The summed E-state index contributed by atoms with van der Waals surface area (Å²) in [4.78, 5) is 25.0. The van der Waals surface area contributed by atoms with Crippen LogP contribution in [0, 0.1) is 0 Å². The molecule has 0 amide bonds. The SMILES string of the molecule is C.CC(C)(c1ccc(O)cc1)c1ccc(OC(=O)Oc2ccc(C(C)(C)c3ccc(C(=O)Oc4ccccc4)cc3)cc2)cc1. The molecule has 230 valence electrons. The molecule has 0 aliphatic carbocycles. The van der Waals surface area contributed by atoms with Gasteiger partial charge in [-0.1, -0.05) is 102 Å². The predicted molar refractivity (Wildman–Crippen MR) is 176 cm³/mol. The Morgan fingerprint density at radius 1 is 0.489 bits per heavy atom. The van der Waals surface area contributed by atoms with Gasteiger partial charge in [-0.25, -0.2) is 9.59 Å². The molecule has 0 aromatic heterocycles. The number of hydrogen-bond acceptors (Lipinski definition) is 6. The smallest absolute Gasteiger partial charge is 0.508 e. The molecular formula is C39H38O6. The molecule has 6 nitrogen and oxygen atoms in total. The molecule has 5 aromatic carbocycles. The Hall–Kier alpha value is -5.36. The van der Waals surface area contributed by atoms with Crippen molar-refractivity contribution >= 4 is 12.1 Å². The molecule has 0 aliphatic rings. The molecule has 0 heterocycles. The maximum atomic E-state index is 12.5. The van der Waals surface area contributed by atoms with Crippen LogP contribution in [0.2, 0.25) is 0 Å². The summed E-state index contributed by atoms with van der Waals surface area (Å²) in [5.41, 5.74) is 3.88. The van der Waals surface area contributed by atoms with Gasteiger partial charge in [-0.05, 0) is 82.9 Å². The number of esters is 1. The highest BCUT2D eigenvalue weighted by molar-refractivity contribution is 5.91. The van der Waals surface area contributed by atoms with Gasteiger partial charge in [0.25, 0.3) is 0 Å². The fourth-order valence-electron chi connectivity index (χ4n) is 4.98. The van der Waals surface area contributed by atoms with Crippen LogP contribution in [0.15, 0.2) is 127 Å². The van der Waals surface area contributed by atoms with Crippen molar-refractivity contribution in [2.24, 2.45) is 0 Å². The van der Waals surface area contributed by atoms with Gasteiger partial charge in [-0.15, -0.1) is 0 Å². The lowest BCUT2D eigenvalue weighted by atomic mass is 9.78. The number of phenolic OH excluding ortho intramolecular Hbond substituents is 1. The van der Waals surface area contributed by atoms with Gasteiger partial charge in [-0.2, -0.15) is 0 Å². The van der Waals surface area contributed by atoms with Crippen molar-refractivity contribution < 1.29 is 28.9 Å². The van der Waals surface area contributed by atoms with Gasteiger partial charge >= 0.3 is 12.1 Å². The van der Waals surface area contributed by atoms with Crippen LogP contribution in [0.1, 0.15) is 67.7 Å². The summed E-state index contributed by atoms with van der Waals surface area (Å²) in [7, 11) is 0. The Labute approximate surface area is 264 Å². The van der Waals surface area contributed by atoms with Crippen LogP contribution in [0.3, 0.4) is 0 Å². The summed E-state index contributed by atoms with van der Waals surface area (Å²) in [6.07, 6.45) is -0.833. The molecule has 5 aromatic rings. The Balaban J connectivity index is 0.00000461. The van der Waals surface area contributed by atoms with Crippen molar-refractivity contribution in [2.45, 2.75) is 46.0 Å². The maximum absolute atomic E-state index is 12.5. The minimum Gasteiger partial charge on any atom is -0.508 e. The number of hydrogen-bond donors (Lipinski definition) is 1. The van der Waals surface area contributed by atoms with Gasteiger partial charge in [0.1, 0.15) is 23.0 Å². The zero-order chi connectivity index (χ0) is 31.3. The Kier molecular flexibility index (Phi) is 9.78. The van der Waals surface area contributed by atoms with E-state index in [1.165, 1.54) is 0 Å². The van der Waals surface area contributed by atoms with Crippen LogP contribution in [0.5, 0.6) is 23.0 Å². The van der Waals surface area contributed by atoms with Crippen LogP contribution < -0.4 is 14.2 Å². The number of para-hydroxylation sites is 1. The molecule has 45 heavy (non-hydrogen) atoms. The molecule has 6 heteroatoms. The Morgan fingerprint density at radius 3 is 1.27 bits per heavy atom. The summed E-state index contributed by atoms with van der Waals surface area (Å²) in [5, 5.41) is 9.60. The van der Waals surface area contributed by atoms with Crippen molar-refractivity contribution in [2.75, 3.05) is 0 Å². The first-order chi connectivity index (χ1) is 21.0. The third-order valence-electron chi connectivity index (χ3n) is 7.94. The molecule has 0 spiro atoms. The van der Waals surface area contributed by atoms with Gasteiger partial charge < -0.3 is 19.3 Å². The summed E-state index contributed by atoms with van der Waals surface area (Å²) in [5.74, 6) is 1.03. The van der Waals surface area contributed by atoms with E-state index in [9.17, 15) is 14.7 Å². The Morgan fingerprint density at radius 2 is 0.844 bits per heavy atom. The second-order valence-corrected chi connectivity index (χ2v) is 11.6. The van der Waals surface area contributed by atoms with Crippen LogP contribution in [0.4, 0.5) is 4.79 Å². The predicted octanol–water partition coefficient (Wildman–Crippen LogP) is 9.48. The van der Waals surface area contributed by atoms with Crippen LogP contribution in [-0.2, 0) is 10.8 Å². The normalized spacial score (nSPS) is 11.2. The van der Waals surface area contributed by atoms with E-state index in [1.54, 1.807) is 60.7 Å². The molecule has 5 rings (SSSR count). The van der Waals surface area contributed by atoms with E-state index in [-0.39, 0.29) is 24.0 Å². The lowest BCUT2D eigenvalue weighted by molar-refractivity contribution is 0.0734. The minimum atomic E-state index is -0.833. The monoisotopic (exact) mass is 602 g/mol. The maximum Gasteiger partial charge on any atom is 0.519 e. The van der Waals surface area contributed by atoms with Crippen LogP contribution in [0.25, 0.3) is 0 Å². The first-order valence-electron chi connectivity index (χ1n) is 14.3. The lowest BCUT2D eigenvalue weighted by Gasteiger charge is -2.26. The molecule has 0 fully saturated rings. The van der Waals surface area contributed by atoms with Gasteiger partial charge in [0.15, 0.2) is 0 Å². The van der Waals surface area contributed by atoms with E-state index in [0.29, 0.717) is 22.8 Å². The zero-order valence-electron chi connectivity index (χ0n) is 25.1. The number of carbonyl (C=O) groups is 2. The quantitative estimate of drug-likeness (QED) is 0.108. The van der Waals surface area contributed by atoms with E-state index in [4.69, 9.17) is 14.2 Å². The highest BCUT2D eigenvalue weighted by Gasteiger charge is 2.25. The number of phenols is 1. The van der Waals surface area contributed by atoms with Crippen molar-refractivity contribution in [1.82, 2.24) is 0 Å². The Bertz CT molecular complexity index is 1720. The van der Waals surface area contributed by atoms with Crippen LogP contribution in [-0.4, -0.2) is 17.2 Å². The second-order valence-electron chi connectivity index (χ2n) is 11.6. The van der Waals surface area contributed by atoms with Crippen LogP contribution >= 0.6 is 0 Å². The molecule has 0 unspecified atom stereocenters. The van der Waals surface area contributed by atoms with Crippen molar-refractivity contribution in [1.29, 1.82) is 0 Å². The van der Waals surface area contributed by atoms with Gasteiger partial charge in [0.2, 0.25) is 0 Å². The topological polar surface area (TPSA) is 82.1 Å². The molecule has 0 aliphatic heterocycles. The van der Waals surface area contributed by atoms with E-state index < -0.39 is 12.1 Å². The average molecular weight is 603 g/mol. The molecular weight excluding hydrogens is 564 g/mol. The number of ether oxygens (including phenoxy) is 3. The van der Waals surface area contributed by atoms with Gasteiger partial charge in [-0.3, -0.25) is 0 Å². The number of aromatic hydroxyl groups is 1. The van der Waals surface area contributed by atoms with Crippen molar-refractivity contribution in [3.05, 3.63) is 155 Å². The van der Waals surface area contributed by atoms with Gasteiger partial charge in [0, 0.05) is 10.8 Å². The molecule has 0 atom stereocenters. The summed E-state index contributed by atoms with van der Waals surface area (Å²) < 4.78 is 16.3. The molecule has 0 saturated heterocycles. The zero-order valence-corrected chi connectivity index (χ0v) is 25.1. The van der Waals surface area contributed by atoms with E-state index in [0.717, 1.165) is 22.3 Å². The highest BCUT2D eigenvalue weighted by atomic mass is 16.7. The van der Waals surface area contributed by atoms with Crippen molar-refractivity contribution in [3.8, 4) is 23.0 Å². The molecule has 0 radical (unpaired) electrons. The standard InChI is InChI=1S/C38H34O6.CH4/c1-37(2,27-12-10-26(11-13-27)35(40)42-32-8-6-5-7-9-32)29-16-22-33(23-17-29)43-36(41)44-34-24-18-30(19-25-34)38(3,4)28-14-20-31(39)21-15-28;/h5-25,39H,1-4H3;1H4. The van der Waals surface area contributed by atoms with E-state index in [1.807, 2.05) is 66.7 Å². The van der Waals surface area contributed by atoms with E-state index >= 15 is 0 Å². The number of rotatable bonds is 8. The first kappa shape index (κ1) is 32.6. The summed E-state index contributed by atoms with van der Waals surface area (Å²) in [6.45, 7) is 8.35. The number of benzene rings is 5. The third kappa shape index (κ3) is 7.60.